The molecule has 0 aliphatic carbocycles. The van der Waals surface area contributed by atoms with Gasteiger partial charge in [-0.15, -0.1) is 0 Å². The van der Waals surface area contributed by atoms with Crippen LogP contribution < -0.4 is 0 Å². The van der Waals surface area contributed by atoms with Gasteiger partial charge in [0.1, 0.15) is 0 Å². The van der Waals surface area contributed by atoms with E-state index >= 15 is 0 Å². The van der Waals surface area contributed by atoms with Crippen molar-refractivity contribution in [3.8, 4) is 0 Å². The molecule has 1 saturated heterocycles. The van der Waals surface area contributed by atoms with Crippen molar-refractivity contribution in [3.63, 3.8) is 0 Å². The van der Waals surface area contributed by atoms with Crippen LogP contribution in [0.2, 0.25) is 0 Å². The third kappa shape index (κ3) is 3.70. The molecule has 0 saturated carbocycles. The highest BCUT2D eigenvalue weighted by molar-refractivity contribution is 9.10. The lowest BCUT2D eigenvalue weighted by molar-refractivity contribution is -0.138. The normalized spacial score (nSPS) is 19.2. The van der Waals surface area contributed by atoms with E-state index in [9.17, 15) is 9.59 Å². The molecule has 102 valence electrons. The standard InChI is InChI=1S/C12H13BrN2O3S/c13-9-3-8(5-14-6-9)12(18)15-1-2-19-7-10(15)4-11(16)17/h3,5-6,10H,1-2,4,7H2,(H,16,17). The van der Waals surface area contributed by atoms with Gasteiger partial charge in [0.25, 0.3) is 5.91 Å². The van der Waals surface area contributed by atoms with E-state index in [2.05, 4.69) is 20.9 Å². The Morgan fingerprint density at radius 2 is 2.32 bits per heavy atom. The van der Waals surface area contributed by atoms with E-state index in [1.165, 1.54) is 6.20 Å². The number of hydrogen-bond donors (Lipinski definition) is 1. The predicted octanol–water partition coefficient (Wildman–Crippen LogP) is 1.88. The number of carboxylic acids is 1. The quantitative estimate of drug-likeness (QED) is 0.906. The van der Waals surface area contributed by atoms with Crippen LogP contribution in [0.15, 0.2) is 22.9 Å². The maximum absolute atomic E-state index is 12.4. The summed E-state index contributed by atoms with van der Waals surface area (Å²) in [6.07, 6.45) is 3.10. The van der Waals surface area contributed by atoms with Crippen molar-refractivity contribution in [2.75, 3.05) is 18.1 Å². The molecule has 2 heterocycles. The highest BCUT2D eigenvalue weighted by atomic mass is 79.9. The minimum Gasteiger partial charge on any atom is -0.481 e. The number of thioether (sulfide) groups is 1. The van der Waals surface area contributed by atoms with Gasteiger partial charge in [-0.1, -0.05) is 0 Å². The van der Waals surface area contributed by atoms with Crippen molar-refractivity contribution < 1.29 is 14.7 Å². The number of rotatable bonds is 3. The van der Waals surface area contributed by atoms with Crippen molar-refractivity contribution in [1.82, 2.24) is 9.88 Å². The Hall–Kier alpha value is -1.08. The molecule has 1 aliphatic rings. The number of nitrogens with zero attached hydrogens (tertiary/aromatic N) is 2. The van der Waals surface area contributed by atoms with Crippen LogP contribution in [0.25, 0.3) is 0 Å². The van der Waals surface area contributed by atoms with E-state index in [4.69, 9.17) is 5.11 Å². The van der Waals surface area contributed by atoms with Crippen LogP contribution in [-0.4, -0.2) is 51.0 Å². The maximum Gasteiger partial charge on any atom is 0.305 e. The molecule has 1 unspecified atom stereocenters. The number of aromatic nitrogens is 1. The van der Waals surface area contributed by atoms with Crippen LogP contribution in [0.4, 0.5) is 0 Å². The first-order chi connectivity index (χ1) is 9.08. The smallest absolute Gasteiger partial charge is 0.305 e. The molecule has 5 nitrogen and oxygen atoms in total. The molecule has 0 spiro atoms. The van der Waals surface area contributed by atoms with E-state index in [1.807, 2.05) is 0 Å². The van der Waals surface area contributed by atoms with Crippen LogP contribution in [0.1, 0.15) is 16.8 Å². The van der Waals surface area contributed by atoms with Crippen molar-refractivity contribution in [3.05, 3.63) is 28.5 Å². The van der Waals surface area contributed by atoms with Gasteiger partial charge in [-0.2, -0.15) is 11.8 Å². The van der Waals surface area contributed by atoms with Gasteiger partial charge in [-0.3, -0.25) is 14.6 Å². The number of aliphatic carboxylic acids is 1. The third-order valence-corrected chi connectivity index (χ3v) is 4.38. The fourth-order valence-electron chi connectivity index (χ4n) is 1.99. The zero-order valence-corrected chi connectivity index (χ0v) is 12.5. The highest BCUT2D eigenvalue weighted by Gasteiger charge is 2.29. The minimum atomic E-state index is -0.877. The SMILES string of the molecule is O=C(O)CC1CSCCN1C(=O)c1cncc(Br)c1. The van der Waals surface area contributed by atoms with E-state index < -0.39 is 5.97 Å². The van der Waals surface area contributed by atoms with Gasteiger partial charge >= 0.3 is 5.97 Å². The first-order valence-corrected chi connectivity index (χ1v) is 7.74. The van der Waals surface area contributed by atoms with Gasteiger partial charge < -0.3 is 10.0 Å². The Morgan fingerprint density at radius 1 is 1.53 bits per heavy atom. The molecule has 1 amide bonds. The van der Waals surface area contributed by atoms with Gasteiger partial charge in [0, 0.05) is 34.9 Å². The van der Waals surface area contributed by atoms with Crippen LogP contribution in [-0.2, 0) is 4.79 Å². The Kier molecular flexibility index (Phi) is 4.81. The Morgan fingerprint density at radius 3 is 3.00 bits per heavy atom. The highest BCUT2D eigenvalue weighted by Crippen LogP contribution is 2.22. The predicted molar refractivity (Wildman–Crippen MR) is 76.3 cm³/mol. The number of hydrogen-bond acceptors (Lipinski definition) is 4. The van der Waals surface area contributed by atoms with Gasteiger partial charge in [0.2, 0.25) is 0 Å². The number of halogens is 1. The summed E-state index contributed by atoms with van der Waals surface area (Å²) in [7, 11) is 0. The van der Waals surface area contributed by atoms with Crippen LogP contribution in [0.5, 0.6) is 0 Å². The largest absolute Gasteiger partial charge is 0.481 e. The molecule has 1 aromatic rings. The monoisotopic (exact) mass is 344 g/mol. The summed E-state index contributed by atoms with van der Waals surface area (Å²) in [5.74, 6) is 0.473. The summed E-state index contributed by atoms with van der Waals surface area (Å²) < 4.78 is 0.736. The second-order valence-electron chi connectivity index (χ2n) is 4.22. The summed E-state index contributed by atoms with van der Waals surface area (Å²) in [4.78, 5) is 28.9. The molecular formula is C12H13BrN2O3S. The second kappa shape index (κ2) is 6.38. The van der Waals surface area contributed by atoms with Crippen LogP contribution >= 0.6 is 27.7 Å². The maximum atomic E-state index is 12.4. The average Bonchev–Trinajstić information content (AvgIpc) is 2.38. The van der Waals surface area contributed by atoms with Crippen molar-refractivity contribution in [2.24, 2.45) is 0 Å². The molecule has 7 heteroatoms. The molecule has 1 aromatic heterocycles. The molecule has 0 bridgehead atoms. The van der Waals surface area contributed by atoms with Crippen molar-refractivity contribution in [2.45, 2.75) is 12.5 Å². The van der Waals surface area contributed by atoms with Crippen LogP contribution in [0.3, 0.4) is 0 Å². The number of carbonyl (C=O) groups is 2. The number of pyridine rings is 1. The minimum absolute atomic E-state index is 0.0137. The Bertz CT molecular complexity index is 498. The number of carboxylic acid groups (broad SMARTS) is 1. The molecule has 1 fully saturated rings. The molecule has 1 N–H and O–H groups in total. The molecular weight excluding hydrogens is 332 g/mol. The van der Waals surface area contributed by atoms with Crippen LogP contribution in [0, 0.1) is 0 Å². The van der Waals surface area contributed by atoms with E-state index in [0.717, 1.165) is 10.2 Å². The zero-order valence-electron chi connectivity index (χ0n) is 10.1. The molecule has 2 rings (SSSR count). The van der Waals surface area contributed by atoms with Crippen molar-refractivity contribution >= 4 is 39.6 Å². The lowest BCUT2D eigenvalue weighted by atomic mass is 10.1. The summed E-state index contributed by atoms with van der Waals surface area (Å²) >= 11 is 4.96. The topological polar surface area (TPSA) is 70.5 Å². The molecule has 1 aliphatic heterocycles. The summed E-state index contributed by atoms with van der Waals surface area (Å²) in [6.45, 7) is 0.577. The number of amides is 1. The van der Waals surface area contributed by atoms with Crippen molar-refractivity contribution in [1.29, 1.82) is 0 Å². The number of carbonyl (C=O) groups excluding carboxylic acids is 1. The Labute approximate surface area is 123 Å². The van der Waals surface area contributed by atoms with Gasteiger partial charge in [0.15, 0.2) is 0 Å². The average molecular weight is 345 g/mol. The second-order valence-corrected chi connectivity index (χ2v) is 6.28. The summed E-state index contributed by atoms with van der Waals surface area (Å²) in [5.41, 5.74) is 0.483. The first kappa shape index (κ1) is 14.3. The molecule has 0 radical (unpaired) electrons. The van der Waals surface area contributed by atoms with Gasteiger partial charge in [0.05, 0.1) is 18.0 Å². The summed E-state index contributed by atoms with van der Waals surface area (Å²) in [5, 5.41) is 8.91. The third-order valence-electron chi connectivity index (χ3n) is 2.85. The van der Waals surface area contributed by atoms with Gasteiger partial charge in [-0.25, -0.2) is 0 Å². The van der Waals surface area contributed by atoms with E-state index in [-0.39, 0.29) is 18.4 Å². The molecule has 19 heavy (non-hydrogen) atoms. The van der Waals surface area contributed by atoms with E-state index in [0.29, 0.717) is 17.9 Å². The van der Waals surface area contributed by atoms with Gasteiger partial charge in [-0.05, 0) is 22.0 Å². The first-order valence-electron chi connectivity index (χ1n) is 5.79. The summed E-state index contributed by atoms with van der Waals surface area (Å²) in [6, 6.07) is 1.46. The fraction of sp³-hybridized carbons (Fsp3) is 0.417. The lowest BCUT2D eigenvalue weighted by Crippen LogP contribution is -2.47. The lowest BCUT2D eigenvalue weighted by Gasteiger charge is -2.34. The molecule has 1 atom stereocenters. The van der Waals surface area contributed by atoms with E-state index in [1.54, 1.807) is 28.9 Å². The molecule has 0 aromatic carbocycles. The fourth-order valence-corrected chi connectivity index (χ4v) is 3.41. The zero-order chi connectivity index (χ0) is 13.8. The Balaban J connectivity index is 2.17.